The van der Waals surface area contributed by atoms with Crippen molar-refractivity contribution in [2.24, 2.45) is 0 Å². The minimum atomic E-state index is -1.09. The highest BCUT2D eigenvalue weighted by molar-refractivity contribution is 7.90. The van der Waals surface area contributed by atoms with Gasteiger partial charge in [-0.3, -0.25) is 0 Å². The molecule has 1 rings (SSSR count). The average Bonchev–Trinajstić information content (AvgIpc) is 2.36. The van der Waals surface area contributed by atoms with E-state index in [0.29, 0.717) is 5.75 Å². The van der Waals surface area contributed by atoms with Gasteiger partial charge in [0.15, 0.2) is 11.5 Å². The van der Waals surface area contributed by atoms with Gasteiger partial charge in [0.05, 0.1) is 12.6 Å². The molecular weight excluding hydrogens is 286 g/mol. The van der Waals surface area contributed by atoms with Crippen LogP contribution in [0.1, 0.15) is 46.6 Å². The van der Waals surface area contributed by atoms with Crippen molar-refractivity contribution in [3.05, 3.63) is 23.8 Å². The Bertz CT molecular complexity index is 469. The van der Waals surface area contributed by atoms with E-state index in [1.807, 2.05) is 46.8 Å². The second-order valence-electron chi connectivity index (χ2n) is 6.87. The van der Waals surface area contributed by atoms with Crippen LogP contribution in [0.4, 0.5) is 0 Å². The summed E-state index contributed by atoms with van der Waals surface area (Å²) in [6.07, 6.45) is 1.65. The molecule has 1 aromatic carbocycles. The number of ether oxygens (including phenoxy) is 1. The Labute approximate surface area is 131 Å². The molecule has 4 nitrogen and oxygen atoms in total. The smallest absolute Gasteiger partial charge is 0.160 e. The van der Waals surface area contributed by atoms with E-state index < -0.39 is 11.4 Å². The molecule has 0 unspecified atom stereocenters. The van der Waals surface area contributed by atoms with Crippen molar-refractivity contribution in [3.63, 3.8) is 0 Å². The molecule has 2 N–H and O–H groups in total. The van der Waals surface area contributed by atoms with E-state index in [2.05, 4.69) is 4.72 Å². The Hall–Kier alpha value is -0.910. The van der Waals surface area contributed by atoms with Crippen molar-refractivity contribution in [2.45, 2.75) is 57.7 Å². The number of rotatable bonds is 6. The van der Waals surface area contributed by atoms with Crippen LogP contribution in [0.3, 0.4) is 0 Å². The number of benzene rings is 1. The van der Waals surface area contributed by atoms with Gasteiger partial charge in [-0.2, -0.15) is 0 Å². The van der Waals surface area contributed by atoms with Crippen LogP contribution in [0.15, 0.2) is 18.2 Å². The molecule has 0 fully saturated rings. The van der Waals surface area contributed by atoms with E-state index in [1.54, 1.807) is 6.07 Å². The average molecular weight is 313 g/mol. The number of hydrogen-bond donors (Lipinski definition) is 2. The summed E-state index contributed by atoms with van der Waals surface area (Å²) in [6, 6.07) is 5.36. The lowest BCUT2D eigenvalue weighted by atomic mass is 9.96. The van der Waals surface area contributed by atoms with Gasteiger partial charge in [-0.15, -0.1) is 4.72 Å². The maximum Gasteiger partial charge on any atom is 0.160 e. The zero-order chi connectivity index (χ0) is 16.3. The summed E-state index contributed by atoms with van der Waals surface area (Å²) in [5.74, 6) is 0.629. The first-order chi connectivity index (χ1) is 9.55. The number of hydrogen-bond acceptors (Lipinski definition) is 4. The van der Waals surface area contributed by atoms with Crippen LogP contribution >= 0.6 is 0 Å². The number of phenolic OH excluding ortho intramolecular Hbond substituents is 1. The van der Waals surface area contributed by atoms with Crippen LogP contribution in [0, 0.1) is 0 Å². The van der Waals surface area contributed by atoms with Gasteiger partial charge in [0.25, 0.3) is 0 Å². The minimum absolute atomic E-state index is 0.146. The Morgan fingerprint density at radius 2 is 1.86 bits per heavy atom. The summed E-state index contributed by atoms with van der Waals surface area (Å²) in [4.78, 5) is 0. The molecule has 0 spiro atoms. The lowest BCUT2D eigenvalue weighted by Gasteiger charge is -2.32. The minimum Gasteiger partial charge on any atom is -0.598 e. The Morgan fingerprint density at radius 1 is 1.24 bits per heavy atom. The molecule has 1 atom stereocenters. The van der Waals surface area contributed by atoms with Gasteiger partial charge in [-0.05, 0) is 65.2 Å². The molecule has 0 saturated carbocycles. The molecule has 0 aliphatic rings. The maximum absolute atomic E-state index is 12.2. The predicted octanol–water partition coefficient (Wildman–Crippen LogP) is 3.16. The molecule has 120 valence electrons. The van der Waals surface area contributed by atoms with Gasteiger partial charge in [-0.1, -0.05) is 6.07 Å². The number of phenols is 1. The molecule has 0 aliphatic carbocycles. The van der Waals surface area contributed by atoms with E-state index in [4.69, 9.17) is 4.74 Å². The normalized spacial score (nSPS) is 14.0. The summed E-state index contributed by atoms with van der Waals surface area (Å²) in [6.45, 7) is 9.97. The first-order valence-corrected chi connectivity index (χ1v) is 8.26. The fourth-order valence-corrected chi connectivity index (χ4v) is 2.70. The van der Waals surface area contributed by atoms with Crippen LogP contribution in [0.2, 0.25) is 0 Å². The van der Waals surface area contributed by atoms with Crippen molar-refractivity contribution in [1.29, 1.82) is 0 Å². The highest BCUT2D eigenvalue weighted by Gasteiger charge is 2.32. The molecule has 0 saturated heterocycles. The highest BCUT2D eigenvalue weighted by Crippen LogP contribution is 2.28. The zero-order valence-corrected chi connectivity index (χ0v) is 14.6. The molecule has 0 heterocycles. The van der Waals surface area contributed by atoms with Crippen molar-refractivity contribution >= 4 is 11.4 Å². The van der Waals surface area contributed by atoms with Crippen molar-refractivity contribution < 1.29 is 14.4 Å². The third-order valence-corrected chi connectivity index (χ3v) is 5.06. The fourth-order valence-electron chi connectivity index (χ4n) is 1.79. The molecule has 0 bridgehead atoms. The van der Waals surface area contributed by atoms with Crippen LogP contribution < -0.4 is 9.46 Å². The standard InChI is InChI=1S/C16H27NO3S/c1-15(2,3)21(19)17-16(4,5)10-9-12-7-8-13(18)14(11-12)20-6/h7-8,11,17-18H,9-10H2,1-6H3/t21-/m1/s1. The first kappa shape index (κ1) is 18.1. The molecular formula is C16H27NO3S. The number of aromatic hydroxyl groups is 1. The van der Waals surface area contributed by atoms with Gasteiger partial charge in [0.2, 0.25) is 0 Å². The van der Waals surface area contributed by atoms with Gasteiger partial charge in [-0.25, -0.2) is 0 Å². The highest BCUT2D eigenvalue weighted by atomic mass is 32.2. The van der Waals surface area contributed by atoms with Crippen molar-refractivity contribution in [2.75, 3.05) is 7.11 Å². The third-order valence-electron chi connectivity index (χ3n) is 3.21. The maximum atomic E-state index is 12.2. The lowest BCUT2D eigenvalue weighted by molar-refractivity contribution is 0.372. The fraction of sp³-hybridized carbons (Fsp3) is 0.625. The quantitative estimate of drug-likeness (QED) is 0.792. The monoisotopic (exact) mass is 313 g/mol. The molecule has 0 radical (unpaired) electrons. The Morgan fingerprint density at radius 3 is 2.38 bits per heavy atom. The first-order valence-electron chi connectivity index (χ1n) is 7.11. The Balaban J connectivity index is 2.65. The SMILES string of the molecule is COc1cc(CCC(C)(C)N[S@+]([O-])C(C)(C)C)ccc1O. The van der Waals surface area contributed by atoms with Crippen LogP contribution in [0.5, 0.6) is 11.5 Å². The summed E-state index contributed by atoms with van der Waals surface area (Å²) >= 11 is -1.09. The van der Waals surface area contributed by atoms with Crippen LogP contribution in [0.25, 0.3) is 0 Å². The van der Waals surface area contributed by atoms with Crippen molar-refractivity contribution in [1.82, 2.24) is 4.72 Å². The second-order valence-corrected chi connectivity index (χ2v) is 8.84. The molecule has 0 aromatic heterocycles. The number of aryl methyl sites for hydroxylation is 1. The molecule has 0 aliphatic heterocycles. The predicted molar refractivity (Wildman–Crippen MR) is 88.1 cm³/mol. The van der Waals surface area contributed by atoms with Crippen molar-refractivity contribution in [3.8, 4) is 11.5 Å². The van der Waals surface area contributed by atoms with E-state index >= 15 is 0 Å². The second kappa shape index (κ2) is 6.90. The van der Waals surface area contributed by atoms with Gasteiger partial charge < -0.3 is 14.4 Å². The van der Waals surface area contributed by atoms with Crippen LogP contribution in [-0.4, -0.2) is 27.1 Å². The summed E-state index contributed by atoms with van der Waals surface area (Å²) in [5.41, 5.74) is 0.851. The topological polar surface area (TPSA) is 64.5 Å². The number of methoxy groups -OCH3 is 1. The molecule has 0 amide bonds. The van der Waals surface area contributed by atoms with Gasteiger partial charge in [0.1, 0.15) is 4.75 Å². The zero-order valence-electron chi connectivity index (χ0n) is 13.8. The van der Waals surface area contributed by atoms with E-state index in [9.17, 15) is 9.66 Å². The molecule has 5 heteroatoms. The number of nitrogens with one attached hydrogen (secondary N) is 1. The van der Waals surface area contributed by atoms with Gasteiger partial charge >= 0.3 is 0 Å². The Kier molecular flexibility index (Phi) is 5.96. The van der Waals surface area contributed by atoms with E-state index in [1.165, 1.54) is 7.11 Å². The van der Waals surface area contributed by atoms with Crippen LogP contribution in [-0.2, 0) is 17.8 Å². The largest absolute Gasteiger partial charge is 0.598 e. The molecule has 21 heavy (non-hydrogen) atoms. The van der Waals surface area contributed by atoms with E-state index in [0.717, 1.165) is 18.4 Å². The summed E-state index contributed by atoms with van der Waals surface area (Å²) < 4.78 is 20.2. The lowest BCUT2D eigenvalue weighted by Crippen LogP contribution is -2.50. The van der Waals surface area contributed by atoms with E-state index in [-0.39, 0.29) is 16.0 Å². The third kappa shape index (κ3) is 5.77. The molecule has 1 aromatic rings. The summed E-state index contributed by atoms with van der Waals surface area (Å²) in [5, 5.41) is 9.59. The summed E-state index contributed by atoms with van der Waals surface area (Å²) in [7, 11) is 1.54. The van der Waals surface area contributed by atoms with Gasteiger partial charge in [0, 0.05) is 11.4 Å².